The number of thiazole rings is 1. The van der Waals surface area contributed by atoms with Crippen molar-refractivity contribution in [1.29, 1.82) is 0 Å². The van der Waals surface area contributed by atoms with E-state index in [0.717, 1.165) is 22.7 Å². The summed E-state index contributed by atoms with van der Waals surface area (Å²) in [5.41, 5.74) is 17.4. The SMILES string of the molecule is CCC[n+]1c(N)cc(N)nc1SCC1=C(C(=O)[O-])N2C(=O)C(NC(=O)/C(=N\O[C@H](C)C(=O)O)c3csc(N)n3)[C@H]2SC1. The summed E-state index contributed by atoms with van der Waals surface area (Å²) >= 11 is 3.50. The van der Waals surface area contributed by atoms with Crippen molar-refractivity contribution in [3.05, 3.63) is 28.4 Å². The second-order valence-electron chi connectivity index (χ2n) is 9.03. The summed E-state index contributed by atoms with van der Waals surface area (Å²) in [6, 6.07) is 0.435. The van der Waals surface area contributed by atoms with Crippen LogP contribution in [0.5, 0.6) is 0 Å². The Hall–Kier alpha value is -4.10. The van der Waals surface area contributed by atoms with Crippen LogP contribution in [0.3, 0.4) is 0 Å². The number of aliphatic carboxylic acids is 2. The highest BCUT2D eigenvalue weighted by Crippen LogP contribution is 2.41. The molecular formula is C23H27N9O7S3. The van der Waals surface area contributed by atoms with Gasteiger partial charge in [-0.25, -0.2) is 14.3 Å². The van der Waals surface area contributed by atoms with Gasteiger partial charge in [0.2, 0.25) is 17.7 Å². The minimum Gasteiger partial charge on any atom is -0.543 e. The third-order valence-corrected chi connectivity index (χ3v) is 9.12. The Kier molecular flexibility index (Phi) is 9.42. The molecule has 2 aliphatic heterocycles. The summed E-state index contributed by atoms with van der Waals surface area (Å²) in [5, 5.41) is 28.7. The van der Waals surface area contributed by atoms with Gasteiger partial charge in [0.1, 0.15) is 17.1 Å². The quantitative estimate of drug-likeness (QED) is 0.0437. The minimum atomic E-state index is -1.54. The smallest absolute Gasteiger partial charge is 0.347 e. The van der Waals surface area contributed by atoms with Crippen LogP contribution in [0, 0.1) is 0 Å². The Morgan fingerprint density at radius 1 is 1.36 bits per heavy atom. The first-order valence-electron chi connectivity index (χ1n) is 12.4. The van der Waals surface area contributed by atoms with Crippen molar-refractivity contribution in [1.82, 2.24) is 20.2 Å². The molecule has 1 unspecified atom stereocenters. The lowest BCUT2D eigenvalue weighted by Crippen LogP contribution is -2.71. The van der Waals surface area contributed by atoms with Crippen LogP contribution in [0.25, 0.3) is 0 Å². The lowest BCUT2D eigenvalue weighted by atomic mass is 10.0. The fourth-order valence-electron chi connectivity index (χ4n) is 4.02. The van der Waals surface area contributed by atoms with Gasteiger partial charge in [0.25, 0.3) is 11.8 Å². The van der Waals surface area contributed by atoms with Gasteiger partial charge in [0, 0.05) is 16.9 Å². The number of oxime groups is 1. The van der Waals surface area contributed by atoms with E-state index in [1.54, 1.807) is 4.57 Å². The molecule has 8 N–H and O–H groups in total. The zero-order valence-electron chi connectivity index (χ0n) is 22.3. The van der Waals surface area contributed by atoms with Gasteiger partial charge >= 0.3 is 11.1 Å². The Morgan fingerprint density at radius 3 is 2.71 bits per heavy atom. The number of carboxylic acids is 2. The van der Waals surface area contributed by atoms with Crippen molar-refractivity contribution in [3.8, 4) is 0 Å². The van der Waals surface area contributed by atoms with Gasteiger partial charge in [-0.15, -0.1) is 23.1 Å². The zero-order valence-corrected chi connectivity index (χ0v) is 24.8. The average molecular weight is 638 g/mol. The summed E-state index contributed by atoms with van der Waals surface area (Å²) in [4.78, 5) is 63.9. The number of nitrogens with zero attached hydrogens (tertiary/aromatic N) is 5. The largest absolute Gasteiger partial charge is 0.543 e. The number of hydrogen-bond acceptors (Lipinski definition) is 15. The molecule has 0 radical (unpaired) electrons. The third kappa shape index (κ3) is 6.36. The highest BCUT2D eigenvalue weighted by molar-refractivity contribution is 8.01. The van der Waals surface area contributed by atoms with Gasteiger partial charge in [-0.2, -0.15) is 0 Å². The van der Waals surface area contributed by atoms with E-state index in [1.165, 1.54) is 41.9 Å². The Labute approximate surface area is 251 Å². The number of β-lactam (4-membered cyclic amide) rings is 1. The molecular weight excluding hydrogens is 611 g/mol. The van der Waals surface area contributed by atoms with E-state index in [2.05, 4.69) is 20.4 Å². The maximum Gasteiger partial charge on any atom is 0.347 e. The molecule has 2 amide bonds. The van der Waals surface area contributed by atoms with Crippen LogP contribution >= 0.6 is 34.9 Å². The van der Waals surface area contributed by atoms with Gasteiger partial charge < -0.3 is 42.4 Å². The van der Waals surface area contributed by atoms with E-state index in [1.807, 2.05) is 6.92 Å². The van der Waals surface area contributed by atoms with Gasteiger partial charge in [0.15, 0.2) is 10.8 Å². The van der Waals surface area contributed by atoms with E-state index in [4.69, 9.17) is 27.1 Å². The van der Waals surface area contributed by atoms with Crippen LogP contribution in [0.2, 0.25) is 0 Å². The number of rotatable bonds is 12. The van der Waals surface area contributed by atoms with E-state index in [0.29, 0.717) is 23.1 Å². The predicted molar refractivity (Wildman–Crippen MR) is 153 cm³/mol. The molecule has 1 saturated heterocycles. The molecule has 16 nitrogen and oxygen atoms in total. The number of nitrogens with two attached hydrogens (primary N) is 3. The Morgan fingerprint density at radius 2 is 2.10 bits per heavy atom. The first kappa shape index (κ1) is 30.8. The number of carbonyl (C=O) groups is 4. The Balaban J connectivity index is 1.52. The number of aromatic nitrogens is 3. The number of fused-ring (bicyclic) bond motifs is 1. The molecule has 2 aromatic heterocycles. The topological polar surface area (TPSA) is 256 Å². The fourth-order valence-corrected chi connectivity index (χ4v) is 7.11. The standard InChI is InChI=1S/C23H27N9O7S3/c1-3-4-31-13(25)5-12(24)28-23(31)42-7-10-6-40-19-15(18(34)32(19)16(10)21(37)38)29-17(33)14(11-8-41-22(26)27-11)30-39-9(2)20(35)36/h5,8-9,15,19H,3-4,6-7H2,1-2H3,(H8,24,25,26,27,29,33,35,36,37,38)/b30-14-/t9-,15?,19-/m1/s1. The molecule has 3 atom stereocenters. The monoisotopic (exact) mass is 637 g/mol. The molecule has 0 aromatic carbocycles. The van der Waals surface area contributed by atoms with Crippen LogP contribution in [-0.2, 0) is 30.6 Å². The number of hydrogen-bond donors (Lipinski definition) is 5. The molecule has 0 bridgehead atoms. The van der Waals surface area contributed by atoms with E-state index in [9.17, 15) is 24.3 Å². The number of thioether (sulfide) groups is 2. The second-order valence-corrected chi connectivity index (χ2v) is 12.0. The highest BCUT2D eigenvalue weighted by atomic mass is 32.2. The lowest BCUT2D eigenvalue weighted by molar-refractivity contribution is -0.723. The number of amides is 2. The summed E-state index contributed by atoms with van der Waals surface area (Å²) in [5.74, 6) is -3.37. The Bertz CT molecular complexity index is 1500. The van der Waals surface area contributed by atoms with Crippen molar-refractivity contribution in [3.63, 3.8) is 0 Å². The molecule has 4 heterocycles. The van der Waals surface area contributed by atoms with Crippen molar-refractivity contribution >= 4 is 81.1 Å². The highest BCUT2D eigenvalue weighted by Gasteiger charge is 2.53. The van der Waals surface area contributed by atoms with Crippen LogP contribution in [0.1, 0.15) is 26.0 Å². The normalized spacial score (nSPS) is 19.1. The minimum absolute atomic E-state index is 0.0123. The van der Waals surface area contributed by atoms with Gasteiger partial charge in [-0.05, 0) is 30.7 Å². The van der Waals surface area contributed by atoms with Crippen LogP contribution in [-0.4, -0.2) is 78.5 Å². The molecule has 0 spiro atoms. The van der Waals surface area contributed by atoms with E-state index < -0.39 is 47.0 Å². The van der Waals surface area contributed by atoms with E-state index >= 15 is 0 Å². The maximum absolute atomic E-state index is 13.1. The van der Waals surface area contributed by atoms with Crippen LogP contribution in [0.4, 0.5) is 16.8 Å². The van der Waals surface area contributed by atoms with Crippen molar-refractivity contribution < 1.29 is 38.8 Å². The number of carboxylic acid groups (broad SMARTS) is 2. The van der Waals surface area contributed by atoms with Crippen LogP contribution < -0.4 is 32.2 Å². The van der Waals surface area contributed by atoms with Gasteiger partial charge in [0.05, 0.1) is 24.3 Å². The van der Waals surface area contributed by atoms with Crippen molar-refractivity contribution in [2.75, 3.05) is 28.7 Å². The first-order valence-corrected chi connectivity index (χ1v) is 15.3. The molecule has 0 saturated carbocycles. The lowest BCUT2D eigenvalue weighted by Gasteiger charge is -2.50. The zero-order chi connectivity index (χ0) is 30.7. The predicted octanol–water partition coefficient (Wildman–Crippen LogP) is -1.63. The summed E-state index contributed by atoms with van der Waals surface area (Å²) in [7, 11) is 0. The maximum atomic E-state index is 13.1. The number of anilines is 3. The number of carbonyl (C=O) groups excluding carboxylic acids is 3. The van der Waals surface area contributed by atoms with Gasteiger partial charge in [-0.3, -0.25) is 14.5 Å². The molecule has 2 aromatic rings. The average Bonchev–Trinajstić information content (AvgIpc) is 3.36. The molecule has 4 rings (SSSR count). The molecule has 1 fully saturated rings. The molecule has 0 aliphatic carbocycles. The molecule has 2 aliphatic rings. The number of nitrogen functional groups attached to an aromatic ring is 3. The van der Waals surface area contributed by atoms with Gasteiger partial charge in [-0.1, -0.05) is 17.1 Å². The van der Waals surface area contributed by atoms with Crippen molar-refractivity contribution in [2.45, 2.75) is 49.5 Å². The molecule has 42 heavy (non-hydrogen) atoms. The summed E-state index contributed by atoms with van der Waals surface area (Å²) < 4.78 is 1.77. The molecule has 19 heteroatoms. The van der Waals surface area contributed by atoms with Crippen molar-refractivity contribution in [2.24, 2.45) is 5.16 Å². The molecule has 224 valence electrons. The van der Waals surface area contributed by atoms with E-state index in [-0.39, 0.29) is 33.8 Å². The summed E-state index contributed by atoms with van der Waals surface area (Å²) in [6.45, 7) is 3.77. The fraction of sp³-hybridized carbons (Fsp3) is 0.391. The first-order chi connectivity index (χ1) is 19.9. The van der Waals surface area contributed by atoms with Crippen LogP contribution in [0.15, 0.2) is 33.0 Å². The third-order valence-electron chi connectivity index (χ3n) is 6.04. The second kappa shape index (κ2) is 12.8. The number of nitrogens with one attached hydrogen (secondary N) is 1. The summed E-state index contributed by atoms with van der Waals surface area (Å²) in [6.07, 6.45) is -0.595.